The lowest BCUT2D eigenvalue weighted by Gasteiger charge is -2.19. The molecule has 1 aliphatic heterocycles. The molecule has 20 heavy (non-hydrogen) atoms. The number of allylic oxidation sites excluding steroid dienone is 1. The maximum Gasteiger partial charge on any atom is 0.119 e. The van der Waals surface area contributed by atoms with Crippen LogP contribution in [0.3, 0.4) is 0 Å². The number of hydrogen-bond acceptors (Lipinski definition) is 3. The highest BCUT2D eigenvalue weighted by atomic mass is 16.5. The fraction of sp³-hybridized carbons (Fsp3) is 0.529. The van der Waals surface area contributed by atoms with E-state index in [9.17, 15) is 0 Å². The highest BCUT2D eigenvalue weighted by Gasteiger charge is 2.23. The van der Waals surface area contributed by atoms with E-state index in [1.54, 1.807) is 0 Å². The Hall–Kier alpha value is -1.32. The van der Waals surface area contributed by atoms with Crippen LogP contribution in [0.1, 0.15) is 32.3 Å². The van der Waals surface area contributed by atoms with Gasteiger partial charge in [-0.2, -0.15) is 0 Å². The van der Waals surface area contributed by atoms with E-state index >= 15 is 0 Å². The van der Waals surface area contributed by atoms with E-state index in [2.05, 4.69) is 12.6 Å². The third-order valence-electron chi connectivity index (χ3n) is 3.16. The predicted octanol–water partition coefficient (Wildman–Crippen LogP) is 3.33. The smallest absolute Gasteiger partial charge is 0.119 e. The van der Waals surface area contributed by atoms with Gasteiger partial charge in [0.05, 0.1) is 12.1 Å². The van der Waals surface area contributed by atoms with Crippen molar-refractivity contribution in [3.63, 3.8) is 0 Å². The Morgan fingerprint density at radius 2 is 2.30 bits per heavy atom. The van der Waals surface area contributed by atoms with Crippen molar-refractivity contribution in [1.29, 1.82) is 0 Å². The van der Waals surface area contributed by atoms with Gasteiger partial charge in [-0.05, 0) is 37.0 Å². The van der Waals surface area contributed by atoms with Crippen LogP contribution in [0.2, 0.25) is 0 Å². The third kappa shape index (κ3) is 5.35. The molecule has 1 saturated heterocycles. The van der Waals surface area contributed by atoms with Crippen LogP contribution >= 0.6 is 0 Å². The Labute approximate surface area is 122 Å². The first-order chi connectivity index (χ1) is 9.79. The van der Waals surface area contributed by atoms with Crippen molar-refractivity contribution in [3.05, 3.63) is 42.5 Å². The molecule has 3 heteroatoms. The third-order valence-corrected chi connectivity index (χ3v) is 3.16. The number of ether oxygens (including phenoxy) is 2. The molecule has 3 nitrogen and oxygen atoms in total. The summed E-state index contributed by atoms with van der Waals surface area (Å²) in [6.45, 7) is 9.06. The highest BCUT2D eigenvalue weighted by Crippen LogP contribution is 2.17. The average molecular weight is 277 g/mol. The van der Waals surface area contributed by atoms with Crippen LogP contribution in [-0.4, -0.2) is 25.4 Å². The zero-order chi connectivity index (χ0) is 14.8. The number of rotatable bonds is 6. The van der Waals surface area contributed by atoms with E-state index in [-0.39, 0.29) is 12.1 Å². The minimum atomic E-state index is -0.0458. The Bertz CT molecular complexity index is 386. The van der Waals surface area contributed by atoms with Gasteiger partial charge in [0, 0.05) is 6.61 Å². The standard InChI is InChI=1S/C15H21NO2.C2H6/c1-2-5-12-6-3-7-13(10-12)18-11-14(16)15-8-4-9-17-15;1-2/h2-3,6-7,10,14-15H,1,4-5,8-9,11,16H2;1-2H3. The number of hydrogen-bond donors (Lipinski definition) is 1. The van der Waals surface area contributed by atoms with Crippen molar-refractivity contribution in [3.8, 4) is 5.75 Å². The Balaban J connectivity index is 0.000000956. The van der Waals surface area contributed by atoms with Crippen molar-refractivity contribution < 1.29 is 9.47 Å². The van der Waals surface area contributed by atoms with Crippen LogP contribution < -0.4 is 10.5 Å². The molecule has 0 aromatic heterocycles. The van der Waals surface area contributed by atoms with E-state index in [0.29, 0.717) is 6.61 Å². The van der Waals surface area contributed by atoms with Gasteiger partial charge in [0.1, 0.15) is 12.4 Å². The molecule has 0 radical (unpaired) electrons. The Morgan fingerprint density at radius 1 is 1.50 bits per heavy atom. The number of nitrogens with two attached hydrogens (primary N) is 1. The van der Waals surface area contributed by atoms with Gasteiger partial charge >= 0.3 is 0 Å². The van der Waals surface area contributed by atoms with Crippen LogP contribution in [-0.2, 0) is 11.2 Å². The largest absolute Gasteiger partial charge is 0.492 e. The van der Waals surface area contributed by atoms with Crippen molar-refractivity contribution in [2.24, 2.45) is 5.73 Å². The second kappa shape index (κ2) is 9.56. The second-order valence-corrected chi connectivity index (χ2v) is 4.67. The maximum absolute atomic E-state index is 6.06. The van der Waals surface area contributed by atoms with Gasteiger partial charge in [-0.3, -0.25) is 0 Å². The molecule has 2 rings (SSSR count). The van der Waals surface area contributed by atoms with Gasteiger partial charge in [0.15, 0.2) is 0 Å². The van der Waals surface area contributed by atoms with Crippen LogP contribution in [0.4, 0.5) is 0 Å². The van der Waals surface area contributed by atoms with Gasteiger partial charge in [-0.15, -0.1) is 6.58 Å². The first-order valence-electron chi connectivity index (χ1n) is 7.49. The van der Waals surface area contributed by atoms with Crippen molar-refractivity contribution in [1.82, 2.24) is 0 Å². The van der Waals surface area contributed by atoms with Gasteiger partial charge in [0.2, 0.25) is 0 Å². The first-order valence-corrected chi connectivity index (χ1v) is 7.49. The van der Waals surface area contributed by atoms with Crippen LogP contribution in [0.25, 0.3) is 0 Å². The first kappa shape index (κ1) is 16.7. The molecule has 0 amide bonds. The van der Waals surface area contributed by atoms with Gasteiger partial charge in [0.25, 0.3) is 0 Å². The maximum atomic E-state index is 6.06. The van der Waals surface area contributed by atoms with E-state index in [1.807, 2.05) is 38.1 Å². The monoisotopic (exact) mass is 277 g/mol. The quantitative estimate of drug-likeness (QED) is 0.811. The van der Waals surface area contributed by atoms with E-state index in [1.165, 1.54) is 5.56 Å². The van der Waals surface area contributed by atoms with Gasteiger partial charge in [-0.25, -0.2) is 0 Å². The molecule has 0 aliphatic carbocycles. The lowest BCUT2D eigenvalue weighted by Crippen LogP contribution is -2.39. The van der Waals surface area contributed by atoms with E-state index in [0.717, 1.165) is 31.6 Å². The molecule has 2 atom stereocenters. The molecule has 2 N–H and O–H groups in total. The SMILES string of the molecule is C=CCc1cccc(OCC(N)C2CCCO2)c1.CC. The molecule has 0 bridgehead atoms. The lowest BCUT2D eigenvalue weighted by molar-refractivity contribution is 0.0734. The summed E-state index contributed by atoms with van der Waals surface area (Å²) >= 11 is 0. The van der Waals surface area contributed by atoms with Crippen LogP contribution in [0.15, 0.2) is 36.9 Å². The second-order valence-electron chi connectivity index (χ2n) is 4.67. The molecule has 2 unspecified atom stereocenters. The fourth-order valence-electron chi connectivity index (χ4n) is 2.17. The van der Waals surface area contributed by atoms with Crippen LogP contribution in [0, 0.1) is 0 Å². The molecular formula is C17H27NO2. The summed E-state index contributed by atoms with van der Waals surface area (Å²) in [5, 5.41) is 0. The minimum Gasteiger partial charge on any atom is -0.492 e. The summed E-state index contributed by atoms with van der Waals surface area (Å²) in [6.07, 6.45) is 5.04. The molecule has 112 valence electrons. The zero-order valence-electron chi connectivity index (χ0n) is 12.7. The zero-order valence-corrected chi connectivity index (χ0v) is 12.7. The summed E-state index contributed by atoms with van der Waals surface area (Å²) < 4.78 is 11.3. The van der Waals surface area contributed by atoms with Crippen molar-refractivity contribution >= 4 is 0 Å². The summed E-state index contributed by atoms with van der Waals surface area (Å²) in [7, 11) is 0. The van der Waals surface area contributed by atoms with Gasteiger partial charge in [-0.1, -0.05) is 32.1 Å². The molecule has 1 fully saturated rings. The number of benzene rings is 1. The summed E-state index contributed by atoms with van der Waals surface area (Å²) in [6, 6.07) is 7.99. The minimum absolute atomic E-state index is 0.0458. The molecule has 0 saturated carbocycles. The molecule has 0 spiro atoms. The van der Waals surface area contributed by atoms with Crippen molar-refractivity contribution in [2.45, 2.75) is 45.3 Å². The molecule has 1 aromatic rings. The molecule has 1 heterocycles. The normalized spacial score (nSPS) is 18.9. The Morgan fingerprint density at radius 3 is 2.95 bits per heavy atom. The van der Waals surface area contributed by atoms with Gasteiger partial charge < -0.3 is 15.2 Å². The van der Waals surface area contributed by atoms with Crippen molar-refractivity contribution in [2.75, 3.05) is 13.2 Å². The van der Waals surface area contributed by atoms with E-state index < -0.39 is 0 Å². The van der Waals surface area contributed by atoms with Crippen LogP contribution in [0.5, 0.6) is 5.75 Å². The van der Waals surface area contributed by atoms with E-state index in [4.69, 9.17) is 15.2 Å². The molecular weight excluding hydrogens is 250 g/mol. The average Bonchev–Trinajstić information content (AvgIpc) is 3.02. The summed E-state index contributed by atoms with van der Waals surface area (Å²) in [4.78, 5) is 0. The molecule has 1 aromatic carbocycles. The summed E-state index contributed by atoms with van der Waals surface area (Å²) in [5.74, 6) is 0.864. The Kier molecular flexibility index (Phi) is 8.00. The summed E-state index contributed by atoms with van der Waals surface area (Å²) in [5.41, 5.74) is 7.26. The lowest BCUT2D eigenvalue weighted by atomic mass is 10.1. The molecule has 1 aliphatic rings. The topological polar surface area (TPSA) is 44.5 Å². The predicted molar refractivity (Wildman–Crippen MR) is 84.1 cm³/mol. The highest BCUT2D eigenvalue weighted by molar-refractivity contribution is 5.29. The fourth-order valence-corrected chi connectivity index (χ4v) is 2.17.